The van der Waals surface area contributed by atoms with Gasteiger partial charge in [0.2, 0.25) is 0 Å². The molecule has 0 atom stereocenters. The van der Waals surface area contributed by atoms with Crippen LogP contribution in [0.25, 0.3) is 11.1 Å². The van der Waals surface area contributed by atoms with Crippen molar-refractivity contribution in [1.29, 1.82) is 5.26 Å². The zero-order chi connectivity index (χ0) is 14.2. The summed E-state index contributed by atoms with van der Waals surface area (Å²) in [4.78, 5) is 2.20. The fourth-order valence-corrected chi connectivity index (χ4v) is 2.17. The second-order valence-electron chi connectivity index (χ2n) is 5.02. The number of likely N-dealkylation sites (N-methyl/N-ethyl adjacent to an activating group) is 1. The Morgan fingerprint density at radius 1 is 0.900 bits per heavy atom. The van der Waals surface area contributed by atoms with Crippen LogP contribution in [0, 0.1) is 11.3 Å². The molecule has 0 radical (unpaired) electrons. The molecule has 0 unspecified atom stereocenters. The van der Waals surface area contributed by atoms with Crippen LogP contribution < -0.4 is 0 Å². The van der Waals surface area contributed by atoms with E-state index in [1.165, 1.54) is 16.7 Å². The van der Waals surface area contributed by atoms with Crippen LogP contribution in [0.1, 0.15) is 12.0 Å². The van der Waals surface area contributed by atoms with Crippen molar-refractivity contribution in [3.8, 4) is 17.2 Å². The third-order valence-corrected chi connectivity index (χ3v) is 3.45. The van der Waals surface area contributed by atoms with Gasteiger partial charge < -0.3 is 4.90 Å². The Morgan fingerprint density at radius 3 is 2.20 bits per heavy atom. The molecule has 2 rings (SSSR count). The van der Waals surface area contributed by atoms with Gasteiger partial charge in [-0.1, -0.05) is 54.6 Å². The summed E-state index contributed by atoms with van der Waals surface area (Å²) in [5, 5.41) is 8.56. The first-order valence-corrected chi connectivity index (χ1v) is 6.99. The topological polar surface area (TPSA) is 27.0 Å². The van der Waals surface area contributed by atoms with Crippen molar-refractivity contribution >= 4 is 0 Å². The second-order valence-corrected chi connectivity index (χ2v) is 5.02. The number of hydrogen-bond donors (Lipinski definition) is 0. The predicted octanol–water partition coefficient (Wildman–Crippen LogP) is 3.74. The third kappa shape index (κ3) is 4.22. The van der Waals surface area contributed by atoms with Crippen molar-refractivity contribution in [1.82, 2.24) is 4.90 Å². The van der Waals surface area contributed by atoms with Gasteiger partial charge in [0.25, 0.3) is 0 Å². The molecule has 0 spiro atoms. The Bertz CT molecular complexity index is 552. The van der Waals surface area contributed by atoms with Gasteiger partial charge in [0.1, 0.15) is 0 Å². The number of hydrogen-bond acceptors (Lipinski definition) is 2. The lowest BCUT2D eigenvalue weighted by atomic mass is 10.0. The SMILES string of the molecule is CN(CCC#N)CCc1ccc(-c2ccccc2)cc1. The Balaban J connectivity index is 1.91. The minimum Gasteiger partial charge on any atom is -0.305 e. The summed E-state index contributed by atoms with van der Waals surface area (Å²) < 4.78 is 0. The van der Waals surface area contributed by atoms with E-state index in [9.17, 15) is 0 Å². The molecule has 2 heteroatoms. The van der Waals surface area contributed by atoms with E-state index in [-0.39, 0.29) is 0 Å². The molecule has 0 heterocycles. The largest absolute Gasteiger partial charge is 0.305 e. The molecule has 2 aromatic rings. The zero-order valence-corrected chi connectivity index (χ0v) is 11.9. The normalized spacial score (nSPS) is 10.4. The number of nitrogens with zero attached hydrogens (tertiary/aromatic N) is 2. The summed E-state index contributed by atoms with van der Waals surface area (Å²) in [6.45, 7) is 1.84. The Kier molecular flexibility index (Phi) is 5.34. The van der Waals surface area contributed by atoms with Crippen LogP contribution in [-0.4, -0.2) is 25.0 Å². The summed E-state index contributed by atoms with van der Waals surface area (Å²) in [5.74, 6) is 0. The Labute approximate surface area is 121 Å². The fraction of sp³-hybridized carbons (Fsp3) is 0.278. The van der Waals surface area contributed by atoms with E-state index < -0.39 is 0 Å². The van der Waals surface area contributed by atoms with Gasteiger partial charge in [-0.05, 0) is 30.2 Å². The summed E-state index contributed by atoms with van der Waals surface area (Å²) in [5.41, 5.74) is 3.85. The van der Waals surface area contributed by atoms with E-state index in [4.69, 9.17) is 5.26 Å². The molecule has 20 heavy (non-hydrogen) atoms. The van der Waals surface area contributed by atoms with Gasteiger partial charge >= 0.3 is 0 Å². The molecule has 0 aliphatic rings. The molecule has 0 N–H and O–H groups in total. The van der Waals surface area contributed by atoms with Gasteiger partial charge in [-0.3, -0.25) is 0 Å². The smallest absolute Gasteiger partial charge is 0.0635 e. The van der Waals surface area contributed by atoms with Gasteiger partial charge in [0.05, 0.1) is 6.07 Å². The van der Waals surface area contributed by atoms with E-state index in [0.29, 0.717) is 6.42 Å². The summed E-state index contributed by atoms with van der Waals surface area (Å²) in [6.07, 6.45) is 1.63. The van der Waals surface area contributed by atoms with Crippen LogP contribution >= 0.6 is 0 Å². The van der Waals surface area contributed by atoms with Gasteiger partial charge in [-0.15, -0.1) is 0 Å². The number of nitriles is 1. The molecule has 0 bridgehead atoms. The molecule has 0 aliphatic carbocycles. The van der Waals surface area contributed by atoms with Gasteiger partial charge in [0, 0.05) is 19.5 Å². The first-order chi connectivity index (χ1) is 9.79. The standard InChI is InChI=1S/C18H20N2/c1-20(14-5-13-19)15-12-16-8-10-18(11-9-16)17-6-3-2-4-7-17/h2-4,6-11H,5,12,14-15H2,1H3. The lowest BCUT2D eigenvalue weighted by molar-refractivity contribution is 0.346. The maximum absolute atomic E-state index is 8.56. The summed E-state index contributed by atoms with van der Waals surface area (Å²) >= 11 is 0. The Morgan fingerprint density at radius 2 is 1.55 bits per heavy atom. The molecule has 2 nitrogen and oxygen atoms in total. The lowest BCUT2D eigenvalue weighted by Crippen LogP contribution is -2.22. The zero-order valence-electron chi connectivity index (χ0n) is 11.9. The van der Waals surface area contributed by atoms with Crippen LogP contribution in [0.15, 0.2) is 54.6 Å². The van der Waals surface area contributed by atoms with Crippen molar-refractivity contribution in [2.45, 2.75) is 12.8 Å². The van der Waals surface area contributed by atoms with Crippen LogP contribution in [0.3, 0.4) is 0 Å². The van der Waals surface area contributed by atoms with Gasteiger partial charge in [-0.25, -0.2) is 0 Å². The molecule has 2 aromatic carbocycles. The molecular weight excluding hydrogens is 244 g/mol. The van der Waals surface area contributed by atoms with E-state index in [2.05, 4.69) is 66.5 Å². The van der Waals surface area contributed by atoms with Crippen LogP contribution in [0.4, 0.5) is 0 Å². The highest BCUT2D eigenvalue weighted by atomic mass is 15.1. The van der Waals surface area contributed by atoms with Crippen LogP contribution in [0.5, 0.6) is 0 Å². The van der Waals surface area contributed by atoms with Crippen molar-refractivity contribution in [2.75, 3.05) is 20.1 Å². The van der Waals surface area contributed by atoms with Gasteiger partial charge in [0.15, 0.2) is 0 Å². The molecular formula is C18H20N2. The first-order valence-electron chi connectivity index (χ1n) is 6.99. The molecule has 0 saturated heterocycles. The average molecular weight is 264 g/mol. The fourth-order valence-electron chi connectivity index (χ4n) is 2.17. The third-order valence-electron chi connectivity index (χ3n) is 3.45. The van der Waals surface area contributed by atoms with Crippen molar-refractivity contribution in [3.63, 3.8) is 0 Å². The van der Waals surface area contributed by atoms with Crippen LogP contribution in [-0.2, 0) is 6.42 Å². The second kappa shape index (κ2) is 7.47. The average Bonchev–Trinajstić information content (AvgIpc) is 2.52. The van der Waals surface area contributed by atoms with E-state index in [0.717, 1.165) is 19.5 Å². The van der Waals surface area contributed by atoms with Crippen molar-refractivity contribution < 1.29 is 0 Å². The van der Waals surface area contributed by atoms with Gasteiger partial charge in [-0.2, -0.15) is 5.26 Å². The van der Waals surface area contributed by atoms with E-state index >= 15 is 0 Å². The highest BCUT2D eigenvalue weighted by Crippen LogP contribution is 2.19. The number of benzene rings is 2. The Hall–Kier alpha value is -2.11. The minimum absolute atomic E-state index is 0.601. The highest BCUT2D eigenvalue weighted by molar-refractivity contribution is 5.63. The minimum atomic E-state index is 0.601. The monoisotopic (exact) mass is 264 g/mol. The molecule has 0 saturated carbocycles. The molecule has 102 valence electrons. The molecule has 0 amide bonds. The molecule has 0 aromatic heterocycles. The summed E-state index contributed by atoms with van der Waals surface area (Å²) in [6, 6.07) is 21.4. The maximum Gasteiger partial charge on any atom is 0.0635 e. The van der Waals surface area contributed by atoms with E-state index in [1.807, 2.05) is 6.07 Å². The highest BCUT2D eigenvalue weighted by Gasteiger charge is 2.00. The molecule has 0 aliphatic heterocycles. The van der Waals surface area contributed by atoms with Crippen molar-refractivity contribution in [2.24, 2.45) is 0 Å². The predicted molar refractivity (Wildman–Crippen MR) is 83.3 cm³/mol. The quantitative estimate of drug-likeness (QED) is 0.794. The summed E-state index contributed by atoms with van der Waals surface area (Å²) in [7, 11) is 2.07. The van der Waals surface area contributed by atoms with Crippen molar-refractivity contribution in [3.05, 3.63) is 60.2 Å². The molecule has 0 fully saturated rings. The lowest BCUT2D eigenvalue weighted by Gasteiger charge is -2.14. The number of rotatable bonds is 6. The first kappa shape index (κ1) is 14.3. The maximum atomic E-state index is 8.56. The van der Waals surface area contributed by atoms with E-state index in [1.54, 1.807) is 0 Å². The van der Waals surface area contributed by atoms with Crippen LogP contribution in [0.2, 0.25) is 0 Å².